The molecule has 0 aliphatic heterocycles. The first kappa shape index (κ1) is 20.6. The predicted molar refractivity (Wildman–Crippen MR) is 117 cm³/mol. The molecule has 0 saturated heterocycles. The molecule has 0 radical (unpaired) electrons. The molecule has 3 aromatic rings. The SMILES string of the molecule is Fc1cccc(Cl)c1COc1ccc(Cl)cc1C(=S)NCCc1ccccc1. The van der Waals surface area contributed by atoms with Gasteiger partial charge in [0.15, 0.2) is 0 Å². The van der Waals surface area contributed by atoms with E-state index in [1.54, 1.807) is 30.3 Å². The molecule has 0 spiro atoms. The van der Waals surface area contributed by atoms with Crippen molar-refractivity contribution in [2.75, 3.05) is 6.54 Å². The Bertz CT molecular complexity index is 946. The molecule has 2 nitrogen and oxygen atoms in total. The molecule has 3 rings (SSSR count). The maximum Gasteiger partial charge on any atom is 0.131 e. The number of thiocarbonyl (C=S) groups is 1. The molecule has 0 heterocycles. The minimum absolute atomic E-state index is 0.00717. The van der Waals surface area contributed by atoms with E-state index in [2.05, 4.69) is 17.4 Å². The molecule has 0 atom stereocenters. The fraction of sp³-hybridized carbons (Fsp3) is 0.136. The summed E-state index contributed by atoms with van der Waals surface area (Å²) in [5.41, 5.74) is 2.17. The maximum atomic E-state index is 14.0. The molecule has 28 heavy (non-hydrogen) atoms. The number of rotatable bonds is 7. The van der Waals surface area contributed by atoms with E-state index in [0.29, 0.717) is 38.5 Å². The molecule has 3 aromatic carbocycles. The van der Waals surface area contributed by atoms with Gasteiger partial charge in [0.05, 0.1) is 10.6 Å². The summed E-state index contributed by atoms with van der Waals surface area (Å²) in [6.45, 7) is 0.667. The number of ether oxygens (including phenoxy) is 1. The van der Waals surface area contributed by atoms with E-state index in [4.69, 9.17) is 40.2 Å². The zero-order valence-electron chi connectivity index (χ0n) is 14.9. The molecule has 0 aliphatic carbocycles. The van der Waals surface area contributed by atoms with Gasteiger partial charge in [-0.2, -0.15) is 0 Å². The van der Waals surface area contributed by atoms with Crippen LogP contribution in [0.3, 0.4) is 0 Å². The summed E-state index contributed by atoms with van der Waals surface area (Å²) in [4.78, 5) is 0.521. The first-order valence-electron chi connectivity index (χ1n) is 8.72. The van der Waals surface area contributed by atoms with Crippen molar-refractivity contribution in [3.8, 4) is 5.75 Å². The molecule has 0 saturated carbocycles. The van der Waals surface area contributed by atoms with Crippen LogP contribution in [-0.2, 0) is 13.0 Å². The molecule has 0 aromatic heterocycles. The first-order chi connectivity index (χ1) is 13.5. The highest BCUT2D eigenvalue weighted by Crippen LogP contribution is 2.26. The Morgan fingerprint density at radius 1 is 1.00 bits per heavy atom. The van der Waals surface area contributed by atoms with Crippen LogP contribution in [0.5, 0.6) is 5.75 Å². The van der Waals surface area contributed by atoms with Gasteiger partial charge in [-0.05, 0) is 42.3 Å². The summed E-state index contributed by atoms with van der Waals surface area (Å²) in [6.07, 6.45) is 0.836. The number of nitrogens with one attached hydrogen (secondary N) is 1. The highest BCUT2D eigenvalue weighted by molar-refractivity contribution is 7.80. The fourth-order valence-electron chi connectivity index (χ4n) is 2.69. The second-order valence-electron chi connectivity index (χ2n) is 6.12. The Balaban J connectivity index is 1.68. The third-order valence-corrected chi connectivity index (χ3v) is 5.12. The highest BCUT2D eigenvalue weighted by atomic mass is 35.5. The average Bonchev–Trinajstić information content (AvgIpc) is 2.69. The summed E-state index contributed by atoms with van der Waals surface area (Å²) >= 11 is 17.7. The van der Waals surface area contributed by atoms with Crippen molar-refractivity contribution in [3.63, 3.8) is 0 Å². The summed E-state index contributed by atoms with van der Waals surface area (Å²) in [6, 6.07) is 19.8. The van der Waals surface area contributed by atoms with Gasteiger partial charge in [-0.25, -0.2) is 4.39 Å². The summed E-state index contributed by atoms with van der Waals surface area (Å²) in [7, 11) is 0. The van der Waals surface area contributed by atoms with Crippen LogP contribution in [0.15, 0.2) is 66.7 Å². The molecule has 6 heteroatoms. The van der Waals surface area contributed by atoms with Gasteiger partial charge in [-0.1, -0.05) is 71.8 Å². The zero-order chi connectivity index (χ0) is 19.9. The maximum absolute atomic E-state index is 14.0. The number of benzene rings is 3. The lowest BCUT2D eigenvalue weighted by Gasteiger charge is -2.15. The Morgan fingerprint density at radius 2 is 1.79 bits per heavy atom. The molecule has 0 amide bonds. The van der Waals surface area contributed by atoms with Crippen molar-refractivity contribution in [3.05, 3.63) is 99.3 Å². The van der Waals surface area contributed by atoms with Gasteiger partial charge >= 0.3 is 0 Å². The Hall–Kier alpha value is -2.14. The predicted octanol–water partition coefficient (Wildman–Crippen LogP) is 6.22. The van der Waals surface area contributed by atoms with Gasteiger partial charge in [0, 0.05) is 17.1 Å². The van der Waals surface area contributed by atoms with Crippen molar-refractivity contribution in [1.29, 1.82) is 0 Å². The largest absolute Gasteiger partial charge is 0.488 e. The third-order valence-electron chi connectivity index (χ3n) is 4.16. The molecular weight excluding hydrogens is 416 g/mol. The lowest BCUT2D eigenvalue weighted by Crippen LogP contribution is -2.25. The van der Waals surface area contributed by atoms with Crippen LogP contribution >= 0.6 is 35.4 Å². The topological polar surface area (TPSA) is 21.3 Å². The van der Waals surface area contributed by atoms with Gasteiger partial charge < -0.3 is 10.1 Å². The van der Waals surface area contributed by atoms with E-state index in [-0.39, 0.29) is 6.61 Å². The molecule has 0 fully saturated rings. The van der Waals surface area contributed by atoms with Crippen LogP contribution < -0.4 is 10.1 Å². The van der Waals surface area contributed by atoms with Crippen LogP contribution in [0.4, 0.5) is 4.39 Å². The van der Waals surface area contributed by atoms with Crippen LogP contribution in [0, 0.1) is 5.82 Å². The lowest BCUT2D eigenvalue weighted by molar-refractivity contribution is 0.299. The molecule has 0 aliphatic rings. The van der Waals surface area contributed by atoms with E-state index in [0.717, 1.165) is 6.42 Å². The molecular formula is C22H18Cl2FNOS. The highest BCUT2D eigenvalue weighted by Gasteiger charge is 2.13. The van der Waals surface area contributed by atoms with Crippen LogP contribution in [0.25, 0.3) is 0 Å². The summed E-state index contributed by atoms with van der Waals surface area (Å²) in [5.74, 6) is 0.104. The second-order valence-corrected chi connectivity index (χ2v) is 7.37. The smallest absolute Gasteiger partial charge is 0.131 e. The zero-order valence-corrected chi connectivity index (χ0v) is 17.3. The third kappa shape index (κ3) is 5.44. The van der Waals surface area contributed by atoms with Crippen molar-refractivity contribution < 1.29 is 9.13 Å². The van der Waals surface area contributed by atoms with E-state index in [1.807, 2.05) is 18.2 Å². The van der Waals surface area contributed by atoms with Gasteiger partial charge in [0.1, 0.15) is 23.2 Å². The fourth-order valence-corrected chi connectivity index (χ4v) is 3.34. The Kier molecular flexibility index (Phi) is 7.26. The van der Waals surface area contributed by atoms with Gasteiger partial charge in [-0.15, -0.1) is 0 Å². The van der Waals surface area contributed by atoms with Crippen molar-refractivity contribution in [2.45, 2.75) is 13.0 Å². The monoisotopic (exact) mass is 433 g/mol. The quantitative estimate of drug-likeness (QED) is 0.446. The van der Waals surface area contributed by atoms with Crippen molar-refractivity contribution in [2.24, 2.45) is 0 Å². The van der Waals surface area contributed by atoms with E-state index in [9.17, 15) is 4.39 Å². The Labute approximate surface area is 179 Å². The molecule has 144 valence electrons. The Morgan fingerprint density at radius 3 is 2.54 bits per heavy atom. The summed E-state index contributed by atoms with van der Waals surface area (Å²) in [5, 5.41) is 4.09. The first-order valence-corrected chi connectivity index (χ1v) is 9.88. The lowest BCUT2D eigenvalue weighted by atomic mass is 10.1. The van der Waals surface area contributed by atoms with Crippen LogP contribution in [-0.4, -0.2) is 11.5 Å². The minimum Gasteiger partial charge on any atom is -0.488 e. The van der Waals surface area contributed by atoms with E-state index >= 15 is 0 Å². The van der Waals surface area contributed by atoms with Crippen LogP contribution in [0.1, 0.15) is 16.7 Å². The number of halogens is 3. The second kappa shape index (κ2) is 9.87. The average molecular weight is 434 g/mol. The van der Waals surface area contributed by atoms with Crippen LogP contribution in [0.2, 0.25) is 10.0 Å². The summed E-state index contributed by atoms with van der Waals surface area (Å²) < 4.78 is 19.8. The molecule has 1 N–H and O–H groups in total. The van der Waals surface area contributed by atoms with Gasteiger partial charge in [0.25, 0.3) is 0 Å². The van der Waals surface area contributed by atoms with Gasteiger partial charge in [0.2, 0.25) is 0 Å². The standard InChI is InChI=1S/C22H18Cl2FNOS/c23-16-9-10-21(27-14-18-19(24)7-4-8-20(18)25)17(13-16)22(28)26-12-11-15-5-2-1-3-6-15/h1-10,13H,11-12,14H2,(H,26,28). The molecule has 0 bridgehead atoms. The molecule has 0 unspecified atom stereocenters. The van der Waals surface area contributed by atoms with E-state index in [1.165, 1.54) is 11.6 Å². The minimum atomic E-state index is -0.411. The number of hydrogen-bond acceptors (Lipinski definition) is 2. The normalized spacial score (nSPS) is 10.5. The van der Waals surface area contributed by atoms with Gasteiger partial charge in [-0.3, -0.25) is 0 Å². The van der Waals surface area contributed by atoms with Crippen molar-refractivity contribution >= 4 is 40.4 Å². The van der Waals surface area contributed by atoms with Crippen molar-refractivity contribution in [1.82, 2.24) is 5.32 Å². The number of hydrogen-bond donors (Lipinski definition) is 1. The van der Waals surface area contributed by atoms with E-state index < -0.39 is 5.82 Å².